The largest absolute Gasteiger partial charge is 0.456 e. The lowest BCUT2D eigenvalue weighted by atomic mass is 9.85. The van der Waals surface area contributed by atoms with E-state index in [2.05, 4.69) is 291 Å². The van der Waals surface area contributed by atoms with E-state index in [9.17, 15) is 0 Å². The van der Waals surface area contributed by atoms with Gasteiger partial charge in [-0.3, -0.25) is 0 Å². The minimum Gasteiger partial charge on any atom is -0.456 e. The van der Waals surface area contributed by atoms with Crippen molar-refractivity contribution in [3.63, 3.8) is 0 Å². The molecule has 0 saturated carbocycles. The number of fused-ring (bicyclic) bond motifs is 24. The zero-order valence-corrected chi connectivity index (χ0v) is 51.8. The van der Waals surface area contributed by atoms with Gasteiger partial charge in [0.1, 0.15) is 44.8 Å². The molecular formula is C92H52O4. The predicted molar refractivity (Wildman–Crippen MR) is 403 cm³/mol. The molecule has 22 rings (SSSR count). The molecule has 0 atom stereocenters. The highest BCUT2D eigenvalue weighted by Crippen LogP contribution is 2.50. The summed E-state index contributed by atoms with van der Waals surface area (Å²) in [4.78, 5) is 0. The second-order valence-corrected chi connectivity index (χ2v) is 26.3. The third kappa shape index (κ3) is 7.33. The maximum Gasteiger partial charge on any atom is 0.143 e. The van der Waals surface area contributed by atoms with Crippen molar-refractivity contribution in [1.82, 2.24) is 0 Å². The summed E-state index contributed by atoms with van der Waals surface area (Å²) >= 11 is 0. The third-order valence-electron chi connectivity index (χ3n) is 21.3. The smallest absolute Gasteiger partial charge is 0.143 e. The molecule has 444 valence electrons. The zero-order chi connectivity index (χ0) is 62.4. The summed E-state index contributed by atoms with van der Waals surface area (Å²) in [7, 11) is 0. The second kappa shape index (κ2) is 19.5. The zero-order valence-electron chi connectivity index (χ0n) is 51.8. The van der Waals surface area contributed by atoms with Crippen LogP contribution in [-0.2, 0) is 6.42 Å². The van der Waals surface area contributed by atoms with Crippen LogP contribution >= 0.6 is 0 Å². The molecule has 21 aromatic rings. The molecule has 4 heteroatoms. The number of para-hydroxylation sites is 1. The number of allylic oxidation sites excluding steroid dienone is 1. The van der Waals surface area contributed by atoms with Crippen LogP contribution in [0.25, 0.3) is 225 Å². The molecule has 4 nitrogen and oxygen atoms in total. The highest BCUT2D eigenvalue weighted by molar-refractivity contribution is 6.29. The fourth-order valence-electron chi connectivity index (χ4n) is 17.0. The molecule has 0 unspecified atom stereocenters. The van der Waals surface area contributed by atoms with E-state index in [4.69, 9.17) is 17.7 Å². The molecule has 0 spiro atoms. The van der Waals surface area contributed by atoms with E-state index in [-0.39, 0.29) is 0 Å². The molecule has 0 amide bonds. The van der Waals surface area contributed by atoms with Gasteiger partial charge in [0.05, 0.1) is 0 Å². The summed E-state index contributed by atoms with van der Waals surface area (Å²) in [6.45, 7) is 0. The Bertz CT molecular complexity index is 6970. The maximum absolute atomic E-state index is 7.16. The van der Waals surface area contributed by atoms with E-state index in [1.165, 1.54) is 114 Å². The quantitative estimate of drug-likeness (QED) is 0.161. The number of furan rings is 4. The van der Waals surface area contributed by atoms with E-state index in [1.54, 1.807) is 0 Å². The average Bonchev–Trinajstić information content (AvgIpc) is 1.17. The van der Waals surface area contributed by atoms with Crippen LogP contribution < -0.4 is 0 Å². The Hall–Kier alpha value is -12.5. The van der Waals surface area contributed by atoms with Gasteiger partial charge >= 0.3 is 0 Å². The first-order valence-corrected chi connectivity index (χ1v) is 33.2. The molecule has 4 heterocycles. The van der Waals surface area contributed by atoms with Gasteiger partial charge < -0.3 is 17.7 Å². The van der Waals surface area contributed by atoms with Crippen LogP contribution in [0.5, 0.6) is 0 Å². The fourth-order valence-corrected chi connectivity index (χ4v) is 17.0. The Morgan fingerprint density at radius 2 is 0.604 bits per heavy atom. The summed E-state index contributed by atoms with van der Waals surface area (Å²) in [6, 6.07) is 102. The van der Waals surface area contributed by atoms with Gasteiger partial charge in [0.15, 0.2) is 0 Å². The molecular weight excluding hydrogens is 1170 g/mol. The van der Waals surface area contributed by atoms with E-state index >= 15 is 0 Å². The molecule has 1 aliphatic carbocycles. The first-order valence-electron chi connectivity index (χ1n) is 33.2. The van der Waals surface area contributed by atoms with Crippen LogP contribution in [0.15, 0.2) is 303 Å². The molecule has 0 fully saturated rings. The average molecular weight is 1220 g/mol. The van der Waals surface area contributed by atoms with Crippen molar-refractivity contribution in [3.05, 3.63) is 296 Å². The minimum absolute atomic E-state index is 0.851. The van der Waals surface area contributed by atoms with Gasteiger partial charge in [0.25, 0.3) is 0 Å². The van der Waals surface area contributed by atoms with Crippen molar-refractivity contribution in [1.29, 1.82) is 0 Å². The van der Waals surface area contributed by atoms with Gasteiger partial charge in [-0.2, -0.15) is 0 Å². The van der Waals surface area contributed by atoms with Gasteiger partial charge in [0, 0.05) is 54.2 Å². The summed E-state index contributed by atoms with van der Waals surface area (Å²) in [6.07, 6.45) is 6.35. The Labute approximate surface area is 548 Å². The van der Waals surface area contributed by atoms with Crippen LogP contribution in [0, 0.1) is 0 Å². The van der Waals surface area contributed by atoms with E-state index < -0.39 is 0 Å². The minimum atomic E-state index is 0.851. The molecule has 0 N–H and O–H groups in total. The van der Waals surface area contributed by atoms with Crippen molar-refractivity contribution in [3.8, 4) is 55.6 Å². The monoisotopic (exact) mass is 1220 g/mol. The Balaban J connectivity index is 0.623. The van der Waals surface area contributed by atoms with Crippen molar-refractivity contribution in [2.75, 3.05) is 0 Å². The molecule has 96 heavy (non-hydrogen) atoms. The fraction of sp³-hybridized carbons (Fsp3) is 0.0217. The van der Waals surface area contributed by atoms with Crippen molar-refractivity contribution < 1.29 is 17.7 Å². The Kier molecular flexibility index (Phi) is 10.6. The number of hydrogen-bond donors (Lipinski definition) is 0. The Morgan fingerprint density at radius 1 is 0.229 bits per heavy atom. The molecule has 17 aromatic carbocycles. The normalized spacial score (nSPS) is 12.9. The highest BCUT2D eigenvalue weighted by Gasteiger charge is 2.25. The highest BCUT2D eigenvalue weighted by atomic mass is 16.3. The SMILES string of the molecule is C1=Cc2oc3ccc4c(ccc5oc6cc(-c7c8ccccc8c(-c8ccc9cc(-c%10cccc%11c%10oc%10c%11ccc%11c%10ccc%10oc%12cc(-c%13c%14ccccc%14c(-c%14ccc%15ccccc%15c%14)c%14ccccc%13%14)ccc%12c%10%11)ccc9c8)c8ccccc78)ccc6c54)c3c2CC1. The van der Waals surface area contributed by atoms with Crippen LogP contribution in [0.3, 0.4) is 0 Å². The number of aryl methyl sites for hydroxylation is 1. The van der Waals surface area contributed by atoms with Gasteiger partial charge in [-0.25, -0.2) is 0 Å². The van der Waals surface area contributed by atoms with Crippen molar-refractivity contribution in [2.45, 2.75) is 12.8 Å². The topological polar surface area (TPSA) is 52.6 Å². The predicted octanol–water partition coefficient (Wildman–Crippen LogP) is 26.7. The number of rotatable bonds is 5. The first kappa shape index (κ1) is 52.0. The lowest BCUT2D eigenvalue weighted by Gasteiger charge is -2.18. The molecule has 0 aliphatic heterocycles. The standard InChI is InChI=1S/C92H52O4/c1-2-15-52-47-56(32-28-51(52)14-1)84-61-16-3-7-20-65(61)87(66-21-8-4-17-62(66)84)59-35-37-77-83(50-59)95-81-45-42-73-71(90(77)81)38-39-74-72-26-13-25-60(91(72)96-92(73)74)55-31-29-54-48-57(33-30-53(54)46-55)85-63-18-5-9-22-67(63)86(68-23-10-6-19-64(68)85)58-34-36-76-82(49-58)94-80-44-41-69-70(89(76)80)40-43-79-88(69)75-24-11-12-27-78(75)93-79/h1-10,12-23,25-50H,11,24H2. The van der Waals surface area contributed by atoms with Crippen molar-refractivity contribution >= 4 is 169 Å². The second-order valence-electron chi connectivity index (χ2n) is 26.3. The van der Waals surface area contributed by atoms with Gasteiger partial charge in [-0.15, -0.1) is 0 Å². The molecule has 0 saturated heterocycles. The summed E-state index contributed by atoms with van der Waals surface area (Å²) in [5.74, 6) is 0.983. The van der Waals surface area contributed by atoms with Crippen LogP contribution in [-0.4, -0.2) is 0 Å². The maximum atomic E-state index is 7.16. The Morgan fingerprint density at radius 3 is 1.17 bits per heavy atom. The molecule has 1 aliphatic rings. The van der Waals surface area contributed by atoms with E-state index in [1.807, 2.05) is 0 Å². The molecule has 0 bridgehead atoms. The summed E-state index contributed by atoms with van der Waals surface area (Å²) < 4.78 is 27.2. The van der Waals surface area contributed by atoms with Crippen LogP contribution in [0.4, 0.5) is 0 Å². The number of benzene rings is 17. The lowest BCUT2D eigenvalue weighted by molar-refractivity contribution is 0.595. The van der Waals surface area contributed by atoms with Crippen LogP contribution in [0.2, 0.25) is 0 Å². The lowest BCUT2D eigenvalue weighted by Crippen LogP contribution is -1.91. The van der Waals surface area contributed by atoms with Gasteiger partial charge in [-0.1, -0.05) is 200 Å². The van der Waals surface area contributed by atoms with Gasteiger partial charge in [0.2, 0.25) is 0 Å². The summed E-state index contributed by atoms with van der Waals surface area (Å²) in [5, 5.41) is 26.9. The van der Waals surface area contributed by atoms with Crippen LogP contribution in [0.1, 0.15) is 17.7 Å². The summed E-state index contributed by atoms with van der Waals surface area (Å²) in [5.41, 5.74) is 19.1. The van der Waals surface area contributed by atoms with E-state index in [0.29, 0.717) is 0 Å². The third-order valence-corrected chi connectivity index (χ3v) is 21.3. The van der Waals surface area contributed by atoms with Crippen molar-refractivity contribution in [2.24, 2.45) is 0 Å². The first-order chi connectivity index (χ1) is 47.6. The van der Waals surface area contributed by atoms with Gasteiger partial charge in [-0.05, 0) is 235 Å². The molecule has 0 radical (unpaired) electrons. The molecule has 4 aromatic heterocycles. The number of hydrogen-bond acceptors (Lipinski definition) is 4. The van der Waals surface area contributed by atoms with E-state index in [0.717, 1.165) is 128 Å².